The zero-order valence-corrected chi connectivity index (χ0v) is 13.3. The Bertz CT molecular complexity index is 763. The van der Waals surface area contributed by atoms with Gasteiger partial charge >= 0.3 is 16.2 Å². The number of carbonyl (C=O) groups excluding carboxylic acids is 2. The second-order valence-corrected chi connectivity index (χ2v) is 6.80. The van der Waals surface area contributed by atoms with E-state index in [1.807, 2.05) is 0 Å². The number of hydrogen-bond acceptors (Lipinski definition) is 5. The zero-order valence-electron chi connectivity index (χ0n) is 12.5. The Hall–Kier alpha value is -2.03. The van der Waals surface area contributed by atoms with Crippen molar-refractivity contribution in [2.45, 2.75) is 13.3 Å². The van der Waals surface area contributed by atoms with Gasteiger partial charge in [0, 0.05) is 24.6 Å². The third-order valence-corrected chi connectivity index (χ3v) is 4.49. The molecule has 0 aromatic heterocycles. The van der Waals surface area contributed by atoms with E-state index in [9.17, 15) is 26.3 Å². The van der Waals surface area contributed by atoms with E-state index in [-0.39, 0.29) is 24.2 Å². The molecule has 0 radical (unpaired) electrons. The average molecular weight is 347 g/mol. The van der Waals surface area contributed by atoms with Gasteiger partial charge in [-0.15, -0.1) is 3.89 Å². The lowest BCUT2D eigenvalue weighted by Gasteiger charge is -2.20. The van der Waals surface area contributed by atoms with Crippen LogP contribution in [-0.2, 0) is 19.8 Å². The van der Waals surface area contributed by atoms with Gasteiger partial charge in [-0.25, -0.2) is 9.18 Å². The van der Waals surface area contributed by atoms with Crippen molar-refractivity contribution in [3.63, 3.8) is 0 Å². The van der Waals surface area contributed by atoms with E-state index in [1.54, 1.807) is 6.92 Å². The lowest BCUT2D eigenvalue weighted by atomic mass is 10.1. The van der Waals surface area contributed by atoms with Gasteiger partial charge in [0.1, 0.15) is 5.82 Å². The fourth-order valence-electron chi connectivity index (χ4n) is 2.63. The van der Waals surface area contributed by atoms with Gasteiger partial charge in [-0.1, -0.05) is 0 Å². The molecule has 126 valence electrons. The minimum Gasteiger partial charge on any atom is -0.465 e. The molecule has 1 heterocycles. The van der Waals surface area contributed by atoms with Gasteiger partial charge in [0.2, 0.25) is 5.91 Å². The number of anilines is 1. The number of nitrogens with zero attached hydrogens (tertiary/aromatic N) is 1. The van der Waals surface area contributed by atoms with Crippen molar-refractivity contribution >= 4 is 27.8 Å². The normalized spacial score (nSPS) is 18.3. The predicted molar refractivity (Wildman–Crippen MR) is 77.8 cm³/mol. The van der Waals surface area contributed by atoms with Gasteiger partial charge in [-0.05, 0) is 24.6 Å². The smallest absolute Gasteiger partial charge is 0.340 e. The molecule has 0 N–H and O–H groups in total. The third kappa shape index (κ3) is 3.84. The van der Waals surface area contributed by atoms with Gasteiger partial charge in [-0.3, -0.25) is 4.79 Å². The van der Waals surface area contributed by atoms with Crippen LogP contribution in [0.4, 0.5) is 14.0 Å². The summed E-state index contributed by atoms with van der Waals surface area (Å²) in [6.45, 7) is 1.53. The van der Waals surface area contributed by atoms with E-state index < -0.39 is 39.6 Å². The van der Waals surface area contributed by atoms with Crippen LogP contribution in [-0.4, -0.2) is 39.7 Å². The number of ether oxygens (including phenoxy) is 1. The molecule has 1 atom stereocenters. The molecular weight excluding hydrogens is 332 g/mol. The first-order valence-electron chi connectivity index (χ1n) is 6.73. The molecule has 0 spiro atoms. The highest BCUT2D eigenvalue weighted by molar-refractivity contribution is 7.86. The highest BCUT2D eigenvalue weighted by Gasteiger charge is 2.34. The van der Waals surface area contributed by atoms with Gasteiger partial charge in [0.25, 0.3) is 0 Å². The van der Waals surface area contributed by atoms with E-state index >= 15 is 0 Å². The van der Waals surface area contributed by atoms with Crippen LogP contribution in [0.15, 0.2) is 12.1 Å². The first-order valence-corrected chi connectivity index (χ1v) is 8.28. The number of benzene rings is 1. The number of amides is 1. The quantitative estimate of drug-likeness (QED) is 0.610. The van der Waals surface area contributed by atoms with Crippen molar-refractivity contribution in [2.75, 3.05) is 24.3 Å². The van der Waals surface area contributed by atoms with Crippen LogP contribution < -0.4 is 4.90 Å². The fraction of sp³-hybridized carbons (Fsp3) is 0.429. The molecule has 1 aromatic carbocycles. The number of rotatable bonds is 4. The Morgan fingerprint density at radius 3 is 2.65 bits per heavy atom. The Morgan fingerprint density at radius 2 is 2.09 bits per heavy atom. The van der Waals surface area contributed by atoms with Crippen LogP contribution in [0.2, 0.25) is 0 Å². The number of halogens is 2. The van der Waals surface area contributed by atoms with Crippen molar-refractivity contribution in [1.29, 1.82) is 0 Å². The van der Waals surface area contributed by atoms with E-state index in [0.29, 0.717) is 5.56 Å². The molecule has 0 bridgehead atoms. The summed E-state index contributed by atoms with van der Waals surface area (Å²) in [4.78, 5) is 24.8. The van der Waals surface area contributed by atoms with Crippen molar-refractivity contribution < 1.29 is 31.0 Å². The van der Waals surface area contributed by atoms with Crippen molar-refractivity contribution in [1.82, 2.24) is 0 Å². The lowest BCUT2D eigenvalue weighted by molar-refractivity contribution is -0.117. The molecule has 1 aliphatic rings. The van der Waals surface area contributed by atoms with Crippen LogP contribution in [0, 0.1) is 18.7 Å². The Balaban J connectivity index is 2.35. The van der Waals surface area contributed by atoms with Gasteiger partial charge in [0.05, 0.1) is 18.4 Å². The summed E-state index contributed by atoms with van der Waals surface area (Å²) in [5, 5.41) is 0. The molecule has 0 saturated carbocycles. The molecule has 0 aliphatic carbocycles. The van der Waals surface area contributed by atoms with Crippen molar-refractivity contribution in [3.8, 4) is 0 Å². The Labute approximate surface area is 132 Å². The summed E-state index contributed by atoms with van der Waals surface area (Å²) in [7, 11) is -3.59. The number of hydrogen-bond donors (Lipinski definition) is 0. The van der Waals surface area contributed by atoms with Gasteiger partial charge in [-0.2, -0.15) is 8.42 Å². The van der Waals surface area contributed by atoms with Gasteiger partial charge in [0.15, 0.2) is 0 Å². The standard InChI is InChI=1S/C14H15F2NO5S/c1-8-3-11(15)10(14(19)22-2)5-12(8)17-6-9(4-13(17)18)7-23(16,20)21/h3,5,9H,4,6-7H2,1-2H3. The first kappa shape index (κ1) is 17.3. The molecule has 1 aromatic rings. The van der Waals surface area contributed by atoms with Crippen LogP contribution >= 0.6 is 0 Å². The number of methoxy groups -OCH3 is 1. The maximum atomic E-state index is 13.8. The number of carbonyl (C=O) groups is 2. The number of aryl methyl sites for hydroxylation is 1. The van der Waals surface area contributed by atoms with Crippen LogP contribution in [0.25, 0.3) is 0 Å². The highest BCUT2D eigenvalue weighted by Crippen LogP contribution is 2.31. The molecule has 2 rings (SSSR count). The number of esters is 1. The zero-order chi connectivity index (χ0) is 17.4. The molecule has 1 saturated heterocycles. The second kappa shape index (κ2) is 6.23. The van der Waals surface area contributed by atoms with Crippen molar-refractivity contribution in [2.24, 2.45) is 5.92 Å². The van der Waals surface area contributed by atoms with E-state index in [0.717, 1.165) is 13.2 Å². The minimum atomic E-state index is -4.69. The molecular formula is C14H15F2NO5S. The predicted octanol–water partition coefficient (Wildman–Crippen LogP) is 1.57. The monoisotopic (exact) mass is 347 g/mol. The lowest BCUT2D eigenvalue weighted by Crippen LogP contribution is -2.26. The van der Waals surface area contributed by atoms with Crippen molar-refractivity contribution in [3.05, 3.63) is 29.1 Å². The summed E-state index contributed by atoms with van der Waals surface area (Å²) in [6.07, 6.45) is -0.131. The van der Waals surface area contributed by atoms with Crippen LogP contribution in [0.1, 0.15) is 22.3 Å². The average Bonchev–Trinajstić information content (AvgIpc) is 2.76. The van der Waals surface area contributed by atoms with Crippen LogP contribution in [0.3, 0.4) is 0 Å². The SMILES string of the molecule is COC(=O)c1cc(N2CC(CS(=O)(=O)F)CC2=O)c(C)cc1F. The first-order chi connectivity index (χ1) is 10.6. The van der Waals surface area contributed by atoms with E-state index in [2.05, 4.69) is 4.74 Å². The highest BCUT2D eigenvalue weighted by atomic mass is 32.3. The topological polar surface area (TPSA) is 80.8 Å². The summed E-state index contributed by atoms with van der Waals surface area (Å²) in [5.41, 5.74) is 0.338. The maximum Gasteiger partial charge on any atom is 0.340 e. The summed E-state index contributed by atoms with van der Waals surface area (Å²) < 4.78 is 52.5. The third-order valence-electron chi connectivity index (χ3n) is 3.62. The Morgan fingerprint density at radius 1 is 1.43 bits per heavy atom. The molecule has 23 heavy (non-hydrogen) atoms. The summed E-state index contributed by atoms with van der Waals surface area (Å²) in [5.74, 6) is -3.53. The summed E-state index contributed by atoms with van der Waals surface area (Å²) in [6, 6.07) is 2.27. The molecule has 9 heteroatoms. The molecule has 1 aliphatic heterocycles. The molecule has 1 amide bonds. The molecule has 6 nitrogen and oxygen atoms in total. The largest absolute Gasteiger partial charge is 0.465 e. The van der Waals surface area contributed by atoms with Gasteiger partial charge < -0.3 is 9.64 Å². The van der Waals surface area contributed by atoms with E-state index in [4.69, 9.17) is 0 Å². The van der Waals surface area contributed by atoms with Crippen LogP contribution in [0.5, 0.6) is 0 Å². The minimum absolute atomic E-state index is 0.0188. The fourth-order valence-corrected chi connectivity index (χ4v) is 3.41. The van der Waals surface area contributed by atoms with E-state index in [1.165, 1.54) is 11.0 Å². The molecule has 1 fully saturated rings. The summed E-state index contributed by atoms with van der Waals surface area (Å²) >= 11 is 0. The molecule has 1 unspecified atom stereocenters. The second-order valence-electron chi connectivity index (χ2n) is 5.39. The Kier molecular flexibility index (Phi) is 4.69. The maximum absolute atomic E-state index is 13.8.